The molecule has 1 heterocycles. The van der Waals surface area contributed by atoms with Gasteiger partial charge >= 0.3 is 0 Å². The number of primary sulfonamides is 1. The van der Waals surface area contributed by atoms with Crippen LogP contribution in [0.1, 0.15) is 30.6 Å². The third kappa shape index (κ3) is 5.29. The lowest BCUT2D eigenvalue weighted by Crippen LogP contribution is -2.42. The third-order valence-corrected chi connectivity index (χ3v) is 8.10. The Morgan fingerprint density at radius 1 is 1.03 bits per heavy atom. The van der Waals surface area contributed by atoms with E-state index < -0.39 is 26.0 Å². The highest BCUT2D eigenvalue weighted by molar-refractivity contribution is 7.89. The second-order valence-electron chi connectivity index (χ2n) is 8.16. The highest BCUT2D eigenvalue weighted by Crippen LogP contribution is 2.28. The summed E-state index contributed by atoms with van der Waals surface area (Å²) >= 11 is 0. The van der Waals surface area contributed by atoms with Crippen LogP contribution in [0.25, 0.3) is 0 Å². The molecule has 0 saturated carbocycles. The van der Waals surface area contributed by atoms with Gasteiger partial charge in [-0.15, -0.1) is 0 Å². The molecule has 3 N–H and O–H groups in total. The van der Waals surface area contributed by atoms with Crippen molar-refractivity contribution in [2.24, 2.45) is 17.0 Å². The van der Waals surface area contributed by atoms with Crippen LogP contribution >= 0.6 is 0 Å². The van der Waals surface area contributed by atoms with Crippen LogP contribution in [-0.4, -0.2) is 47.2 Å². The summed E-state index contributed by atoms with van der Waals surface area (Å²) in [6, 6.07) is 9.69. The summed E-state index contributed by atoms with van der Waals surface area (Å²) in [5.74, 6) is 0.0942. The molecule has 3 rings (SSSR count). The molecule has 1 fully saturated rings. The third-order valence-electron chi connectivity index (χ3n) is 5.32. The molecule has 0 aromatic heterocycles. The Morgan fingerprint density at radius 3 is 2.16 bits per heavy atom. The maximum atomic E-state index is 13.0. The number of carbonyl (C=O) groups is 1. The number of hydrogen-bond acceptors (Lipinski definition) is 6. The minimum absolute atomic E-state index is 0.0569. The van der Waals surface area contributed by atoms with Gasteiger partial charge in [-0.05, 0) is 60.7 Å². The van der Waals surface area contributed by atoms with Gasteiger partial charge in [0.05, 0.1) is 12.0 Å². The summed E-state index contributed by atoms with van der Waals surface area (Å²) in [6.07, 6.45) is 0.990. The van der Waals surface area contributed by atoms with Crippen molar-refractivity contribution in [2.45, 2.75) is 30.1 Å². The summed E-state index contributed by atoms with van der Waals surface area (Å²) in [5.41, 5.74) is 0.421. The SMILES string of the molecule is COc1ccc(NC(=O)c2ccc(S(=O)(=O)N3C[C@H](C)C[C@H](C)C3)cc2)cc1S(N)(=O)=O. The fraction of sp³-hybridized carbons (Fsp3) is 0.381. The number of ether oxygens (including phenoxy) is 1. The Bertz CT molecular complexity index is 1200. The van der Waals surface area contributed by atoms with Crippen molar-refractivity contribution < 1.29 is 26.4 Å². The molecule has 174 valence electrons. The predicted molar refractivity (Wildman–Crippen MR) is 120 cm³/mol. The van der Waals surface area contributed by atoms with E-state index in [9.17, 15) is 21.6 Å². The van der Waals surface area contributed by atoms with Gasteiger partial charge in [-0.2, -0.15) is 4.31 Å². The summed E-state index contributed by atoms with van der Waals surface area (Å²) in [7, 11) is -6.40. The molecule has 0 bridgehead atoms. The van der Waals surface area contributed by atoms with E-state index in [1.165, 1.54) is 53.9 Å². The first-order chi connectivity index (χ1) is 14.9. The van der Waals surface area contributed by atoms with Crippen LogP contribution in [0.15, 0.2) is 52.3 Å². The van der Waals surface area contributed by atoms with Crippen LogP contribution in [0.5, 0.6) is 5.75 Å². The van der Waals surface area contributed by atoms with E-state index in [2.05, 4.69) is 5.32 Å². The average Bonchev–Trinajstić information content (AvgIpc) is 2.72. The van der Waals surface area contributed by atoms with E-state index in [0.29, 0.717) is 13.1 Å². The Labute approximate surface area is 188 Å². The van der Waals surface area contributed by atoms with Gasteiger partial charge in [0.2, 0.25) is 20.0 Å². The highest BCUT2D eigenvalue weighted by Gasteiger charge is 2.31. The summed E-state index contributed by atoms with van der Waals surface area (Å²) in [5, 5.41) is 7.78. The normalized spacial score (nSPS) is 20.0. The first kappa shape index (κ1) is 24.2. The van der Waals surface area contributed by atoms with Gasteiger partial charge in [-0.3, -0.25) is 4.79 Å². The lowest BCUT2D eigenvalue weighted by Gasteiger charge is -2.34. The zero-order chi connectivity index (χ0) is 23.7. The number of anilines is 1. The van der Waals surface area contributed by atoms with E-state index in [0.717, 1.165) is 6.42 Å². The molecule has 0 aliphatic carbocycles. The van der Waals surface area contributed by atoms with E-state index >= 15 is 0 Å². The summed E-state index contributed by atoms with van der Waals surface area (Å²) in [4.78, 5) is 12.5. The van der Waals surface area contributed by atoms with Crippen molar-refractivity contribution in [3.05, 3.63) is 48.0 Å². The van der Waals surface area contributed by atoms with E-state index in [-0.39, 0.29) is 38.6 Å². The molecule has 0 unspecified atom stereocenters. The molecule has 32 heavy (non-hydrogen) atoms. The van der Waals surface area contributed by atoms with Gasteiger partial charge in [-0.25, -0.2) is 22.0 Å². The number of carbonyl (C=O) groups excluding carboxylic acids is 1. The number of piperidine rings is 1. The molecule has 1 saturated heterocycles. The van der Waals surface area contributed by atoms with Crippen molar-refractivity contribution in [2.75, 3.05) is 25.5 Å². The Kier molecular flexibility index (Phi) is 6.94. The number of sulfonamides is 2. The molecule has 2 aromatic rings. The molecule has 1 amide bonds. The first-order valence-corrected chi connectivity index (χ1v) is 13.0. The maximum Gasteiger partial charge on any atom is 0.255 e. The number of nitrogens with two attached hydrogens (primary N) is 1. The first-order valence-electron chi connectivity index (χ1n) is 10.0. The Morgan fingerprint density at radius 2 is 1.62 bits per heavy atom. The number of benzene rings is 2. The molecule has 0 spiro atoms. The molecule has 11 heteroatoms. The van der Waals surface area contributed by atoms with E-state index in [1.54, 1.807) is 0 Å². The van der Waals surface area contributed by atoms with Crippen LogP contribution in [0.4, 0.5) is 5.69 Å². The summed E-state index contributed by atoms with van der Waals surface area (Å²) in [6.45, 7) is 5.01. The molecule has 2 aromatic carbocycles. The lowest BCUT2D eigenvalue weighted by atomic mass is 9.94. The number of rotatable bonds is 6. The lowest BCUT2D eigenvalue weighted by molar-refractivity contribution is 0.102. The Hall–Kier alpha value is -2.47. The summed E-state index contributed by atoms with van der Waals surface area (Å²) < 4.78 is 56.0. The van der Waals surface area contributed by atoms with E-state index in [1.807, 2.05) is 13.8 Å². The van der Waals surface area contributed by atoms with Gasteiger partial charge < -0.3 is 10.1 Å². The zero-order valence-electron chi connectivity index (χ0n) is 18.1. The Balaban J connectivity index is 1.79. The molecule has 0 radical (unpaired) electrons. The molecule has 1 aliphatic rings. The number of methoxy groups -OCH3 is 1. The molecule has 1 aliphatic heterocycles. The fourth-order valence-corrected chi connectivity index (χ4v) is 6.31. The van der Waals surface area contributed by atoms with Gasteiger partial charge in [0.15, 0.2) is 0 Å². The van der Waals surface area contributed by atoms with Crippen molar-refractivity contribution in [1.29, 1.82) is 0 Å². The van der Waals surface area contributed by atoms with Crippen LogP contribution in [0.2, 0.25) is 0 Å². The minimum atomic E-state index is -4.06. The van der Waals surface area contributed by atoms with Crippen LogP contribution in [-0.2, 0) is 20.0 Å². The zero-order valence-corrected chi connectivity index (χ0v) is 19.7. The average molecular weight is 482 g/mol. The topological polar surface area (TPSA) is 136 Å². The van der Waals surface area contributed by atoms with Crippen molar-refractivity contribution in [3.63, 3.8) is 0 Å². The van der Waals surface area contributed by atoms with Gasteiger partial charge in [0.25, 0.3) is 5.91 Å². The quantitative estimate of drug-likeness (QED) is 0.650. The number of nitrogens with one attached hydrogen (secondary N) is 1. The molecule has 2 atom stereocenters. The highest BCUT2D eigenvalue weighted by atomic mass is 32.2. The van der Waals surface area contributed by atoms with Crippen molar-refractivity contribution in [3.8, 4) is 5.75 Å². The molecule has 9 nitrogen and oxygen atoms in total. The monoisotopic (exact) mass is 481 g/mol. The van der Waals surface area contributed by atoms with Crippen LogP contribution < -0.4 is 15.2 Å². The smallest absolute Gasteiger partial charge is 0.255 e. The number of amides is 1. The predicted octanol–water partition coefficient (Wildman–Crippen LogP) is 2.26. The second kappa shape index (κ2) is 9.18. The minimum Gasteiger partial charge on any atom is -0.495 e. The van der Waals surface area contributed by atoms with E-state index in [4.69, 9.17) is 9.88 Å². The van der Waals surface area contributed by atoms with Crippen molar-refractivity contribution in [1.82, 2.24) is 4.31 Å². The van der Waals surface area contributed by atoms with Crippen molar-refractivity contribution >= 4 is 31.6 Å². The fourth-order valence-electron chi connectivity index (χ4n) is 3.91. The van der Waals surface area contributed by atoms with Gasteiger partial charge in [0.1, 0.15) is 10.6 Å². The largest absolute Gasteiger partial charge is 0.495 e. The second-order valence-corrected chi connectivity index (χ2v) is 11.6. The van der Waals surface area contributed by atoms with Gasteiger partial charge in [0, 0.05) is 24.3 Å². The van der Waals surface area contributed by atoms with Crippen LogP contribution in [0.3, 0.4) is 0 Å². The molecular formula is C21H27N3O6S2. The number of nitrogens with zero attached hydrogens (tertiary/aromatic N) is 1. The number of hydrogen-bond donors (Lipinski definition) is 2. The standard InChI is InChI=1S/C21H27N3O6S2/c1-14-10-15(2)13-24(12-14)32(28,29)18-7-4-16(5-8-18)21(25)23-17-6-9-19(30-3)20(11-17)31(22,26)27/h4-9,11,14-15H,10,12-13H2,1-3H3,(H,23,25)(H2,22,26,27)/t14-,15+. The van der Waals surface area contributed by atoms with Crippen LogP contribution in [0, 0.1) is 11.8 Å². The molecular weight excluding hydrogens is 454 g/mol. The maximum absolute atomic E-state index is 13.0. The van der Waals surface area contributed by atoms with Gasteiger partial charge in [-0.1, -0.05) is 13.8 Å².